The Labute approximate surface area is 330 Å². The summed E-state index contributed by atoms with van der Waals surface area (Å²) < 4.78 is 19.1. The zero-order valence-electron chi connectivity index (χ0n) is 30.7. The molecule has 0 aromatic heterocycles. The van der Waals surface area contributed by atoms with Crippen molar-refractivity contribution in [3.63, 3.8) is 0 Å². The predicted molar refractivity (Wildman–Crippen MR) is 218 cm³/mol. The van der Waals surface area contributed by atoms with Crippen LogP contribution in [-0.4, -0.2) is 34.1 Å². The Morgan fingerprint density at radius 2 is 1.41 bits per heavy atom. The predicted octanol–water partition coefficient (Wildman–Crippen LogP) is 10.2. The third kappa shape index (κ3) is 9.66. The first-order valence-electron chi connectivity index (χ1n) is 18.4. The quantitative estimate of drug-likeness (QED) is 0.0856. The molecule has 10 heteroatoms. The number of rotatable bonds is 13. The van der Waals surface area contributed by atoms with Gasteiger partial charge in [0.25, 0.3) is 0 Å². The fourth-order valence-corrected chi connectivity index (χ4v) is 7.74. The number of hydrogen-bond donors (Lipinski definition) is 4. The van der Waals surface area contributed by atoms with Crippen LogP contribution < -0.4 is 15.4 Å². The van der Waals surface area contributed by atoms with Gasteiger partial charge in [-0.1, -0.05) is 104 Å². The molecule has 4 unspecified atom stereocenters. The van der Waals surface area contributed by atoms with E-state index in [-0.39, 0.29) is 36.3 Å². The molecule has 0 aliphatic carbocycles. The van der Waals surface area contributed by atoms with Crippen LogP contribution >= 0.6 is 11.8 Å². The van der Waals surface area contributed by atoms with E-state index < -0.39 is 12.3 Å². The lowest BCUT2D eigenvalue weighted by molar-refractivity contribution is -0.268. The van der Waals surface area contributed by atoms with Gasteiger partial charge in [0.1, 0.15) is 11.5 Å². The van der Waals surface area contributed by atoms with Gasteiger partial charge in [0.2, 0.25) is 0 Å². The smallest absolute Gasteiger partial charge is 0.336 e. The zero-order valence-corrected chi connectivity index (χ0v) is 31.5. The fraction of sp³-hybridized carbons (Fsp3) is 0.174. The molecule has 56 heavy (non-hydrogen) atoms. The van der Waals surface area contributed by atoms with Crippen molar-refractivity contribution in [2.24, 2.45) is 5.92 Å². The Morgan fingerprint density at radius 3 is 2.14 bits per heavy atom. The molecule has 2 amide bonds. The average Bonchev–Trinajstić information content (AvgIpc) is 3.24. The second-order valence-corrected chi connectivity index (χ2v) is 14.6. The van der Waals surface area contributed by atoms with Gasteiger partial charge in [-0.15, -0.1) is 11.8 Å². The summed E-state index contributed by atoms with van der Waals surface area (Å²) in [4.78, 5) is 25.3. The molecule has 0 radical (unpaired) electrons. The number of ether oxygens (including phenoxy) is 3. The first-order valence-corrected chi connectivity index (χ1v) is 19.3. The van der Waals surface area contributed by atoms with Gasteiger partial charge in [0, 0.05) is 34.4 Å². The van der Waals surface area contributed by atoms with Crippen LogP contribution in [0.25, 0.3) is 11.1 Å². The number of carboxylic acids is 1. The summed E-state index contributed by atoms with van der Waals surface area (Å²) in [7, 11) is 0. The van der Waals surface area contributed by atoms with Crippen molar-refractivity contribution in [3.05, 3.63) is 179 Å². The van der Waals surface area contributed by atoms with Crippen molar-refractivity contribution in [1.82, 2.24) is 5.32 Å². The summed E-state index contributed by atoms with van der Waals surface area (Å²) in [6.45, 7) is 2.38. The van der Waals surface area contributed by atoms with E-state index in [9.17, 15) is 19.8 Å². The topological polar surface area (TPSA) is 126 Å². The molecular weight excluding hydrogens is 725 g/mol. The number of carboxylic acid groups (broad SMARTS) is 1. The minimum atomic E-state index is -0.964. The highest BCUT2D eigenvalue weighted by atomic mass is 32.2. The second kappa shape index (κ2) is 18.1. The van der Waals surface area contributed by atoms with Gasteiger partial charge in [0.05, 0.1) is 24.4 Å². The molecule has 9 nitrogen and oxygen atoms in total. The normalized spacial score (nSPS) is 17.8. The molecule has 1 fully saturated rings. The van der Waals surface area contributed by atoms with Crippen LogP contribution in [0.4, 0.5) is 10.5 Å². The molecule has 6 aromatic carbocycles. The van der Waals surface area contributed by atoms with Crippen LogP contribution in [0.15, 0.2) is 157 Å². The van der Waals surface area contributed by atoms with E-state index in [1.807, 2.05) is 121 Å². The highest BCUT2D eigenvalue weighted by Gasteiger charge is 2.38. The number of aromatic carboxylic acids is 1. The second-order valence-electron chi connectivity index (χ2n) is 13.5. The molecular formula is C46H42N2O7S. The number of nitrogens with one attached hydrogen (secondary N) is 2. The Balaban J connectivity index is 1.00. The van der Waals surface area contributed by atoms with E-state index in [0.29, 0.717) is 28.6 Å². The molecule has 0 saturated carbocycles. The standard InChI is InChI=1S/C46H42N2O7S/c1-30-41(29-56-42-13-6-5-12-40(42)44(50)51)54-45(55-43(30)34-16-14-31(28-49)15-17-34)35-20-18-33(19-21-35)36-9-7-8-32(26-36)27-47-46(52)48-37-22-24-39(25-23-37)53-38-10-3-2-4-11-38/h2-26,30,41,43,45,49H,27-29H2,1H3,(H,50,51)(H2,47,48,52). The summed E-state index contributed by atoms with van der Waals surface area (Å²) in [6, 6.07) is 47.2. The van der Waals surface area contributed by atoms with Crippen LogP contribution in [-0.2, 0) is 22.6 Å². The van der Waals surface area contributed by atoms with Gasteiger partial charge in [-0.3, -0.25) is 0 Å². The van der Waals surface area contributed by atoms with E-state index in [1.165, 1.54) is 11.8 Å². The number of urea groups is 1. The third-order valence-electron chi connectivity index (χ3n) is 9.63. The SMILES string of the molecule is CC1C(CSc2ccccc2C(=O)O)OC(c2ccc(-c3cccc(CNC(=O)Nc4ccc(Oc5ccccc5)cc4)c3)cc2)OC1c1ccc(CO)cc1. The number of benzene rings is 6. The van der Waals surface area contributed by atoms with Crippen molar-refractivity contribution < 1.29 is 34.0 Å². The number of amides is 2. The van der Waals surface area contributed by atoms with Gasteiger partial charge in [-0.05, 0) is 82.4 Å². The van der Waals surface area contributed by atoms with E-state index >= 15 is 0 Å². The molecule has 1 saturated heterocycles. The van der Waals surface area contributed by atoms with Crippen molar-refractivity contribution in [3.8, 4) is 22.6 Å². The molecule has 1 heterocycles. The highest BCUT2D eigenvalue weighted by molar-refractivity contribution is 7.99. The minimum absolute atomic E-state index is 0.0436. The van der Waals surface area contributed by atoms with Gasteiger partial charge in [0.15, 0.2) is 6.29 Å². The Bertz CT molecular complexity index is 2230. The number of anilines is 1. The minimum Gasteiger partial charge on any atom is -0.478 e. The van der Waals surface area contributed by atoms with E-state index in [2.05, 4.69) is 23.6 Å². The summed E-state index contributed by atoms with van der Waals surface area (Å²) in [5.41, 5.74) is 6.50. The van der Waals surface area contributed by atoms with Crippen molar-refractivity contribution in [2.75, 3.05) is 11.1 Å². The van der Waals surface area contributed by atoms with E-state index in [1.54, 1.807) is 24.3 Å². The van der Waals surface area contributed by atoms with Gasteiger partial charge in [-0.25, -0.2) is 9.59 Å². The lowest BCUT2D eigenvalue weighted by Crippen LogP contribution is -2.38. The van der Waals surface area contributed by atoms with E-state index in [0.717, 1.165) is 39.1 Å². The maximum atomic E-state index is 12.7. The van der Waals surface area contributed by atoms with Crippen LogP contribution in [0.5, 0.6) is 11.5 Å². The molecule has 0 bridgehead atoms. The number of aliphatic hydroxyl groups excluding tert-OH is 1. The lowest BCUT2D eigenvalue weighted by atomic mass is 9.91. The number of aliphatic hydroxyl groups is 1. The van der Waals surface area contributed by atoms with Crippen LogP contribution in [0, 0.1) is 5.92 Å². The Morgan fingerprint density at radius 1 is 0.714 bits per heavy atom. The molecule has 1 aliphatic rings. The maximum absolute atomic E-state index is 12.7. The third-order valence-corrected chi connectivity index (χ3v) is 10.8. The summed E-state index contributed by atoms with van der Waals surface area (Å²) in [5.74, 6) is 0.936. The lowest BCUT2D eigenvalue weighted by Gasteiger charge is -2.41. The van der Waals surface area contributed by atoms with Crippen molar-refractivity contribution in [2.45, 2.75) is 43.5 Å². The highest BCUT2D eigenvalue weighted by Crippen LogP contribution is 2.43. The van der Waals surface area contributed by atoms with Gasteiger partial charge in [-0.2, -0.15) is 0 Å². The summed E-state index contributed by atoms with van der Waals surface area (Å²) in [6.07, 6.45) is -1.21. The molecule has 1 aliphatic heterocycles. The average molecular weight is 767 g/mol. The molecule has 0 spiro atoms. The maximum Gasteiger partial charge on any atom is 0.336 e. The van der Waals surface area contributed by atoms with Crippen LogP contribution in [0.1, 0.15) is 51.9 Å². The molecule has 7 rings (SSSR count). The molecule has 4 atom stereocenters. The summed E-state index contributed by atoms with van der Waals surface area (Å²) in [5, 5.41) is 25.1. The Hall–Kier alpha value is -5.91. The molecule has 6 aromatic rings. The van der Waals surface area contributed by atoms with Gasteiger partial charge >= 0.3 is 12.0 Å². The Kier molecular flexibility index (Phi) is 12.4. The van der Waals surface area contributed by atoms with Crippen molar-refractivity contribution >= 4 is 29.4 Å². The van der Waals surface area contributed by atoms with Crippen LogP contribution in [0.2, 0.25) is 0 Å². The largest absolute Gasteiger partial charge is 0.478 e. The number of thioether (sulfide) groups is 1. The van der Waals surface area contributed by atoms with E-state index in [4.69, 9.17) is 14.2 Å². The van der Waals surface area contributed by atoms with Gasteiger partial charge < -0.3 is 35.1 Å². The number of hydrogen-bond acceptors (Lipinski definition) is 7. The first-order chi connectivity index (χ1) is 27.3. The monoisotopic (exact) mass is 766 g/mol. The fourth-order valence-electron chi connectivity index (χ4n) is 6.53. The zero-order chi connectivity index (χ0) is 38.9. The number of carbonyl (C=O) groups is 2. The first kappa shape index (κ1) is 38.4. The summed E-state index contributed by atoms with van der Waals surface area (Å²) >= 11 is 1.46. The molecule has 4 N–H and O–H groups in total. The van der Waals surface area contributed by atoms with Crippen molar-refractivity contribution in [1.29, 1.82) is 0 Å². The van der Waals surface area contributed by atoms with Crippen LogP contribution in [0.3, 0.4) is 0 Å². The molecule has 284 valence electrons. The number of carbonyl (C=O) groups excluding carboxylic acids is 1. The number of para-hydroxylation sites is 1.